The SMILES string of the molecule is Cc1cccc(CN(C)C(=O)N2CCCC2)c1. The van der Waals surface area contributed by atoms with E-state index in [-0.39, 0.29) is 6.03 Å². The first-order chi connectivity index (χ1) is 8.16. The van der Waals surface area contributed by atoms with E-state index in [2.05, 4.69) is 25.1 Å². The maximum Gasteiger partial charge on any atom is 0.320 e. The third-order valence-electron chi connectivity index (χ3n) is 3.21. The zero-order chi connectivity index (χ0) is 12.3. The summed E-state index contributed by atoms with van der Waals surface area (Å²) in [7, 11) is 1.88. The molecule has 1 fully saturated rings. The minimum Gasteiger partial charge on any atom is -0.325 e. The molecule has 0 aliphatic carbocycles. The highest BCUT2D eigenvalue weighted by atomic mass is 16.2. The van der Waals surface area contributed by atoms with E-state index >= 15 is 0 Å². The van der Waals surface area contributed by atoms with Gasteiger partial charge in [0.15, 0.2) is 0 Å². The monoisotopic (exact) mass is 232 g/mol. The molecule has 92 valence electrons. The second kappa shape index (κ2) is 5.21. The molecule has 17 heavy (non-hydrogen) atoms. The second-order valence-corrected chi connectivity index (χ2v) is 4.82. The van der Waals surface area contributed by atoms with Gasteiger partial charge in [0.1, 0.15) is 0 Å². The Balaban J connectivity index is 1.96. The number of carbonyl (C=O) groups is 1. The number of carbonyl (C=O) groups excluding carboxylic acids is 1. The minimum absolute atomic E-state index is 0.156. The number of rotatable bonds is 2. The summed E-state index contributed by atoms with van der Waals surface area (Å²) < 4.78 is 0. The van der Waals surface area contributed by atoms with Crippen LogP contribution < -0.4 is 0 Å². The Morgan fingerprint density at radius 1 is 1.35 bits per heavy atom. The van der Waals surface area contributed by atoms with Crippen LogP contribution >= 0.6 is 0 Å². The number of amides is 2. The minimum atomic E-state index is 0.156. The Kier molecular flexibility index (Phi) is 3.67. The van der Waals surface area contributed by atoms with Crippen LogP contribution in [-0.2, 0) is 6.54 Å². The van der Waals surface area contributed by atoms with Crippen molar-refractivity contribution in [2.45, 2.75) is 26.3 Å². The molecule has 0 aromatic heterocycles. The summed E-state index contributed by atoms with van der Waals surface area (Å²) >= 11 is 0. The fourth-order valence-corrected chi connectivity index (χ4v) is 2.30. The smallest absolute Gasteiger partial charge is 0.320 e. The molecular weight excluding hydrogens is 212 g/mol. The van der Waals surface area contributed by atoms with E-state index in [9.17, 15) is 4.79 Å². The summed E-state index contributed by atoms with van der Waals surface area (Å²) in [6.45, 7) is 4.59. The summed E-state index contributed by atoms with van der Waals surface area (Å²) in [5.41, 5.74) is 2.43. The van der Waals surface area contributed by atoms with Gasteiger partial charge in [-0.15, -0.1) is 0 Å². The number of hydrogen-bond acceptors (Lipinski definition) is 1. The Labute approximate surface area is 103 Å². The average molecular weight is 232 g/mol. The van der Waals surface area contributed by atoms with Crippen molar-refractivity contribution in [2.75, 3.05) is 20.1 Å². The van der Waals surface area contributed by atoms with Crippen molar-refractivity contribution in [3.63, 3.8) is 0 Å². The normalized spacial score (nSPS) is 15.1. The third-order valence-corrected chi connectivity index (χ3v) is 3.21. The Morgan fingerprint density at radius 2 is 2.06 bits per heavy atom. The van der Waals surface area contributed by atoms with Crippen molar-refractivity contribution in [1.82, 2.24) is 9.80 Å². The lowest BCUT2D eigenvalue weighted by atomic mass is 10.1. The summed E-state index contributed by atoms with van der Waals surface area (Å²) in [5.74, 6) is 0. The van der Waals surface area contributed by atoms with Gasteiger partial charge >= 0.3 is 6.03 Å². The number of benzene rings is 1. The zero-order valence-electron chi connectivity index (χ0n) is 10.6. The van der Waals surface area contributed by atoms with Gasteiger partial charge in [-0.25, -0.2) is 4.79 Å². The van der Waals surface area contributed by atoms with Gasteiger partial charge in [0.2, 0.25) is 0 Å². The molecule has 0 unspecified atom stereocenters. The number of aryl methyl sites for hydroxylation is 1. The summed E-state index contributed by atoms with van der Waals surface area (Å²) in [5, 5.41) is 0. The van der Waals surface area contributed by atoms with Gasteiger partial charge in [-0.05, 0) is 25.3 Å². The van der Waals surface area contributed by atoms with Gasteiger partial charge in [-0.1, -0.05) is 29.8 Å². The van der Waals surface area contributed by atoms with Gasteiger partial charge < -0.3 is 9.80 Å². The largest absolute Gasteiger partial charge is 0.325 e. The molecule has 1 aromatic rings. The van der Waals surface area contributed by atoms with Crippen molar-refractivity contribution in [3.8, 4) is 0 Å². The standard InChI is InChI=1S/C14H20N2O/c1-12-6-5-7-13(10-12)11-15(2)14(17)16-8-3-4-9-16/h5-7,10H,3-4,8-9,11H2,1-2H3. The van der Waals surface area contributed by atoms with E-state index in [0.29, 0.717) is 6.54 Å². The van der Waals surface area contributed by atoms with Crippen molar-refractivity contribution < 1.29 is 4.79 Å². The van der Waals surface area contributed by atoms with E-state index in [1.165, 1.54) is 11.1 Å². The lowest BCUT2D eigenvalue weighted by molar-refractivity contribution is 0.171. The molecule has 1 aliphatic rings. The van der Waals surface area contributed by atoms with Gasteiger partial charge in [-0.3, -0.25) is 0 Å². The maximum atomic E-state index is 12.1. The van der Waals surface area contributed by atoms with Gasteiger partial charge in [0, 0.05) is 26.7 Å². The lowest BCUT2D eigenvalue weighted by Crippen LogP contribution is -2.38. The van der Waals surface area contributed by atoms with Crippen molar-refractivity contribution in [2.24, 2.45) is 0 Å². The first-order valence-electron chi connectivity index (χ1n) is 6.22. The first kappa shape index (κ1) is 12.0. The highest BCUT2D eigenvalue weighted by Crippen LogP contribution is 2.12. The van der Waals surface area contributed by atoms with Crippen LogP contribution in [0.3, 0.4) is 0 Å². The van der Waals surface area contributed by atoms with Crippen molar-refractivity contribution in [3.05, 3.63) is 35.4 Å². The molecule has 1 saturated heterocycles. The van der Waals surface area contributed by atoms with Crippen molar-refractivity contribution in [1.29, 1.82) is 0 Å². The molecule has 1 aromatic carbocycles. The molecule has 0 bridgehead atoms. The predicted octanol–water partition coefficient (Wildman–Crippen LogP) is 2.64. The molecule has 1 aliphatic heterocycles. The predicted molar refractivity (Wildman–Crippen MR) is 68.8 cm³/mol. The van der Waals surface area contributed by atoms with Crippen molar-refractivity contribution >= 4 is 6.03 Å². The van der Waals surface area contributed by atoms with Crippen LogP contribution in [-0.4, -0.2) is 36.0 Å². The van der Waals surface area contributed by atoms with E-state index in [1.54, 1.807) is 4.90 Å². The third kappa shape index (κ3) is 2.99. The first-order valence-corrected chi connectivity index (χ1v) is 6.22. The Morgan fingerprint density at radius 3 is 2.71 bits per heavy atom. The number of urea groups is 1. The number of hydrogen-bond donors (Lipinski definition) is 0. The summed E-state index contributed by atoms with van der Waals surface area (Å²) in [6.07, 6.45) is 2.29. The average Bonchev–Trinajstić information content (AvgIpc) is 2.81. The van der Waals surface area contributed by atoms with Crippen LogP contribution in [0.5, 0.6) is 0 Å². The highest BCUT2D eigenvalue weighted by molar-refractivity contribution is 5.74. The molecule has 0 spiro atoms. The van der Waals surface area contributed by atoms with Crippen LogP contribution in [0.25, 0.3) is 0 Å². The lowest BCUT2D eigenvalue weighted by Gasteiger charge is -2.24. The molecule has 0 saturated carbocycles. The van der Waals surface area contributed by atoms with Crippen LogP contribution in [0, 0.1) is 6.92 Å². The molecule has 3 heteroatoms. The quantitative estimate of drug-likeness (QED) is 0.769. The highest BCUT2D eigenvalue weighted by Gasteiger charge is 2.20. The van der Waals surface area contributed by atoms with Crippen LogP contribution in [0.2, 0.25) is 0 Å². The van der Waals surface area contributed by atoms with Crippen LogP contribution in [0.1, 0.15) is 24.0 Å². The Hall–Kier alpha value is -1.51. The second-order valence-electron chi connectivity index (χ2n) is 4.82. The fraction of sp³-hybridized carbons (Fsp3) is 0.500. The summed E-state index contributed by atoms with van der Waals surface area (Å²) in [6, 6.07) is 8.48. The zero-order valence-corrected chi connectivity index (χ0v) is 10.6. The van der Waals surface area contributed by atoms with E-state index < -0.39 is 0 Å². The van der Waals surface area contributed by atoms with E-state index in [0.717, 1.165) is 25.9 Å². The van der Waals surface area contributed by atoms with Gasteiger partial charge in [0.05, 0.1) is 0 Å². The molecule has 0 radical (unpaired) electrons. The maximum absolute atomic E-state index is 12.1. The van der Waals surface area contributed by atoms with Gasteiger partial charge in [0.25, 0.3) is 0 Å². The molecule has 1 heterocycles. The van der Waals surface area contributed by atoms with E-state index in [1.807, 2.05) is 18.0 Å². The molecule has 3 nitrogen and oxygen atoms in total. The van der Waals surface area contributed by atoms with Crippen LogP contribution in [0.15, 0.2) is 24.3 Å². The molecule has 2 rings (SSSR count). The Bertz CT molecular complexity index is 397. The van der Waals surface area contributed by atoms with Gasteiger partial charge in [-0.2, -0.15) is 0 Å². The summed E-state index contributed by atoms with van der Waals surface area (Å²) in [4.78, 5) is 15.8. The number of likely N-dealkylation sites (tertiary alicyclic amines) is 1. The van der Waals surface area contributed by atoms with E-state index in [4.69, 9.17) is 0 Å². The molecular formula is C14H20N2O. The topological polar surface area (TPSA) is 23.6 Å². The molecule has 2 amide bonds. The number of nitrogens with zero attached hydrogens (tertiary/aromatic N) is 2. The fourth-order valence-electron chi connectivity index (χ4n) is 2.30. The van der Waals surface area contributed by atoms with Crippen LogP contribution in [0.4, 0.5) is 4.79 Å². The molecule has 0 N–H and O–H groups in total. The molecule has 0 atom stereocenters.